The Hall–Kier alpha value is -0.210. The lowest BCUT2D eigenvalue weighted by atomic mass is 10.2. The third-order valence-corrected chi connectivity index (χ3v) is 2.68. The summed E-state index contributed by atoms with van der Waals surface area (Å²) in [6.07, 6.45) is 2.02. The molecule has 1 heterocycles. The molecule has 0 N–H and O–H groups in total. The molecular formula is C9H14Cl2N2. The number of hydrogen-bond acceptors (Lipinski definition) is 1. The Morgan fingerprint density at radius 2 is 2.08 bits per heavy atom. The average Bonchev–Trinajstić information content (AvgIpc) is 2.43. The number of halogens is 2. The molecule has 13 heavy (non-hydrogen) atoms. The van der Waals surface area contributed by atoms with Crippen LogP contribution in [0.25, 0.3) is 0 Å². The minimum absolute atomic E-state index is 0.453. The molecule has 1 aromatic rings. The molecule has 1 rings (SSSR count). The van der Waals surface area contributed by atoms with Crippen LogP contribution in [0.15, 0.2) is 0 Å². The third kappa shape index (κ3) is 2.18. The summed E-state index contributed by atoms with van der Waals surface area (Å²) >= 11 is 11.9. The van der Waals surface area contributed by atoms with E-state index in [-0.39, 0.29) is 0 Å². The predicted molar refractivity (Wildman–Crippen MR) is 56.5 cm³/mol. The molecule has 0 bridgehead atoms. The SMILES string of the molecule is CCCc1nn(CC)c(Cl)c1CCl. The Labute approximate surface area is 88.8 Å². The largest absolute Gasteiger partial charge is 0.254 e. The molecule has 0 saturated carbocycles. The van der Waals surface area contributed by atoms with Crippen molar-refractivity contribution in [3.8, 4) is 0 Å². The van der Waals surface area contributed by atoms with Crippen LogP contribution in [0.4, 0.5) is 0 Å². The zero-order valence-corrected chi connectivity index (χ0v) is 9.49. The Morgan fingerprint density at radius 3 is 2.54 bits per heavy atom. The number of aryl methyl sites for hydroxylation is 2. The normalized spacial score (nSPS) is 10.8. The van der Waals surface area contributed by atoms with Gasteiger partial charge in [-0.15, -0.1) is 11.6 Å². The molecule has 2 nitrogen and oxygen atoms in total. The molecule has 0 amide bonds. The van der Waals surface area contributed by atoms with Gasteiger partial charge in [-0.25, -0.2) is 0 Å². The standard InChI is InChI=1S/C9H14Cl2N2/c1-3-5-8-7(6-10)9(11)13(4-2)12-8/h3-6H2,1-2H3. The molecule has 4 heteroatoms. The molecule has 0 aromatic carbocycles. The summed E-state index contributed by atoms with van der Waals surface area (Å²) < 4.78 is 1.80. The van der Waals surface area contributed by atoms with Crippen LogP contribution in [0.5, 0.6) is 0 Å². The molecule has 0 saturated heterocycles. The highest BCUT2D eigenvalue weighted by Gasteiger charge is 2.13. The van der Waals surface area contributed by atoms with Gasteiger partial charge in [0.25, 0.3) is 0 Å². The zero-order chi connectivity index (χ0) is 9.84. The molecule has 0 aliphatic heterocycles. The predicted octanol–water partition coefficient (Wildman–Crippen LogP) is 3.25. The lowest BCUT2D eigenvalue weighted by molar-refractivity contribution is 0.645. The highest BCUT2D eigenvalue weighted by atomic mass is 35.5. The highest BCUT2D eigenvalue weighted by molar-refractivity contribution is 6.31. The summed E-state index contributed by atoms with van der Waals surface area (Å²) in [4.78, 5) is 0. The van der Waals surface area contributed by atoms with Crippen molar-refractivity contribution in [3.63, 3.8) is 0 Å². The van der Waals surface area contributed by atoms with E-state index in [9.17, 15) is 0 Å². The first-order valence-corrected chi connectivity index (χ1v) is 5.45. The lowest BCUT2D eigenvalue weighted by Gasteiger charge is -1.95. The van der Waals surface area contributed by atoms with Crippen LogP contribution in [0.1, 0.15) is 31.5 Å². The maximum absolute atomic E-state index is 6.08. The van der Waals surface area contributed by atoms with Gasteiger partial charge < -0.3 is 0 Å². The first-order valence-electron chi connectivity index (χ1n) is 4.54. The molecular weight excluding hydrogens is 207 g/mol. The van der Waals surface area contributed by atoms with Crippen LogP contribution < -0.4 is 0 Å². The fourth-order valence-electron chi connectivity index (χ4n) is 1.30. The Bertz CT molecular complexity index is 281. The second-order valence-electron chi connectivity index (χ2n) is 2.92. The summed E-state index contributed by atoms with van der Waals surface area (Å²) in [6, 6.07) is 0. The van der Waals surface area contributed by atoms with Gasteiger partial charge in [-0.3, -0.25) is 4.68 Å². The molecule has 1 aromatic heterocycles. The zero-order valence-electron chi connectivity index (χ0n) is 7.98. The van der Waals surface area contributed by atoms with Gasteiger partial charge in [0, 0.05) is 12.1 Å². The van der Waals surface area contributed by atoms with Gasteiger partial charge in [-0.05, 0) is 13.3 Å². The van der Waals surface area contributed by atoms with Crippen molar-refractivity contribution in [2.24, 2.45) is 0 Å². The van der Waals surface area contributed by atoms with E-state index in [4.69, 9.17) is 23.2 Å². The molecule has 0 radical (unpaired) electrons. The fourth-order valence-corrected chi connectivity index (χ4v) is 1.99. The number of aromatic nitrogens is 2. The lowest BCUT2D eigenvalue weighted by Crippen LogP contribution is -1.96. The fraction of sp³-hybridized carbons (Fsp3) is 0.667. The summed E-state index contributed by atoms with van der Waals surface area (Å²) in [6.45, 7) is 4.94. The quantitative estimate of drug-likeness (QED) is 0.713. The van der Waals surface area contributed by atoms with Crippen LogP contribution in [0, 0.1) is 0 Å². The topological polar surface area (TPSA) is 17.8 Å². The third-order valence-electron chi connectivity index (χ3n) is 1.99. The molecule has 0 aliphatic carbocycles. The van der Waals surface area contributed by atoms with E-state index >= 15 is 0 Å². The van der Waals surface area contributed by atoms with Crippen molar-refractivity contribution in [3.05, 3.63) is 16.4 Å². The Kier molecular flexibility index (Phi) is 4.07. The van der Waals surface area contributed by atoms with E-state index in [1.165, 1.54) is 0 Å². The van der Waals surface area contributed by atoms with Crippen molar-refractivity contribution >= 4 is 23.2 Å². The van der Waals surface area contributed by atoms with Crippen LogP contribution in [-0.4, -0.2) is 9.78 Å². The second kappa shape index (κ2) is 4.87. The number of nitrogens with zero attached hydrogens (tertiary/aromatic N) is 2. The van der Waals surface area contributed by atoms with E-state index < -0.39 is 0 Å². The minimum atomic E-state index is 0.453. The van der Waals surface area contributed by atoms with Gasteiger partial charge in [-0.1, -0.05) is 24.9 Å². The van der Waals surface area contributed by atoms with E-state index in [1.807, 2.05) is 6.92 Å². The summed E-state index contributed by atoms with van der Waals surface area (Å²) in [5.74, 6) is 0.453. The van der Waals surface area contributed by atoms with Gasteiger partial charge in [0.2, 0.25) is 0 Å². The molecule has 0 atom stereocenters. The molecule has 74 valence electrons. The molecule has 0 spiro atoms. The van der Waals surface area contributed by atoms with Gasteiger partial charge in [0.1, 0.15) is 5.15 Å². The van der Waals surface area contributed by atoms with Gasteiger partial charge in [-0.2, -0.15) is 5.10 Å². The van der Waals surface area contributed by atoms with E-state index in [0.29, 0.717) is 11.0 Å². The number of rotatable bonds is 4. The van der Waals surface area contributed by atoms with Crippen LogP contribution in [-0.2, 0) is 18.8 Å². The van der Waals surface area contributed by atoms with Crippen molar-refractivity contribution in [1.29, 1.82) is 0 Å². The smallest absolute Gasteiger partial charge is 0.131 e. The highest BCUT2D eigenvalue weighted by Crippen LogP contribution is 2.22. The van der Waals surface area contributed by atoms with Crippen molar-refractivity contribution in [2.75, 3.05) is 0 Å². The van der Waals surface area contributed by atoms with Crippen LogP contribution >= 0.6 is 23.2 Å². The summed E-state index contributed by atoms with van der Waals surface area (Å²) in [7, 11) is 0. The average molecular weight is 221 g/mol. The van der Waals surface area contributed by atoms with Gasteiger partial charge >= 0.3 is 0 Å². The van der Waals surface area contributed by atoms with Crippen LogP contribution in [0.3, 0.4) is 0 Å². The van der Waals surface area contributed by atoms with E-state index in [1.54, 1.807) is 4.68 Å². The minimum Gasteiger partial charge on any atom is -0.254 e. The first-order chi connectivity index (χ1) is 6.24. The maximum Gasteiger partial charge on any atom is 0.131 e. The molecule has 0 unspecified atom stereocenters. The Morgan fingerprint density at radius 1 is 1.38 bits per heavy atom. The molecule has 0 fully saturated rings. The van der Waals surface area contributed by atoms with E-state index in [0.717, 1.165) is 30.6 Å². The molecule has 0 aliphatic rings. The van der Waals surface area contributed by atoms with Crippen molar-refractivity contribution < 1.29 is 0 Å². The van der Waals surface area contributed by atoms with Gasteiger partial charge in [0.15, 0.2) is 0 Å². The van der Waals surface area contributed by atoms with E-state index in [2.05, 4.69) is 12.0 Å². The number of alkyl halides is 1. The van der Waals surface area contributed by atoms with Crippen LogP contribution in [0.2, 0.25) is 5.15 Å². The summed E-state index contributed by atoms with van der Waals surface area (Å²) in [5, 5.41) is 5.08. The van der Waals surface area contributed by atoms with Crippen molar-refractivity contribution in [1.82, 2.24) is 9.78 Å². The Balaban J connectivity index is 3.04. The first kappa shape index (κ1) is 10.9. The second-order valence-corrected chi connectivity index (χ2v) is 3.54. The maximum atomic E-state index is 6.08. The van der Waals surface area contributed by atoms with Gasteiger partial charge in [0.05, 0.1) is 11.6 Å². The number of hydrogen-bond donors (Lipinski definition) is 0. The monoisotopic (exact) mass is 220 g/mol. The van der Waals surface area contributed by atoms with Crippen molar-refractivity contribution in [2.45, 2.75) is 39.1 Å². The summed E-state index contributed by atoms with van der Waals surface area (Å²) in [5.41, 5.74) is 2.04.